The first-order valence-corrected chi connectivity index (χ1v) is 18.5. The van der Waals surface area contributed by atoms with Gasteiger partial charge in [-0.05, 0) is 78.9 Å². The molecule has 250 valence electrons. The second-order valence-electron chi connectivity index (χ2n) is 12.7. The van der Waals surface area contributed by atoms with Gasteiger partial charge in [0.15, 0.2) is 0 Å². The van der Waals surface area contributed by atoms with Gasteiger partial charge in [0.1, 0.15) is 5.78 Å². The maximum Gasteiger partial charge on any atom is 1.00 e. The summed E-state index contributed by atoms with van der Waals surface area (Å²) in [7, 11) is 0. The molecule has 4 aromatic carbocycles. The van der Waals surface area contributed by atoms with Crippen LogP contribution < -0.4 is 56.5 Å². The Morgan fingerprint density at radius 2 is 1.67 bits per heavy atom. The first-order chi connectivity index (χ1) is 23.1. The Kier molecular flexibility index (Phi) is 15.6. The summed E-state index contributed by atoms with van der Waals surface area (Å²) in [5, 5.41) is 14.7. The number of halogens is 1. The quantitative estimate of drug-likeness (QED) is 0.147. The van der Waals surface area contributed by atoms with Gasteiger partial charge in [0.2, 0.25) is 0 Å². The smallest absolute Gasteiger partial charge is 0.850 e. The fourth-order valence-electron chi connectivity index (χ4n) is 5.24. The molecule has 0 unspecified atom stereocenters. The number of aliphatic imine (C=N–C) groups is 1. The topological polar surface area (TPSA) is 77.5 Å². The molecule has 2 aliphatic heterocycles. The molecule has 0 aliphatic carbocycles. The largest absolute Gasteiger partial charge is 1.00 e. The maximum atomic E-state index is 11.1. The third-order valence-electron chi connectivity index (χ3n) is 7.49. The summed E-state index contributed by atoms with van der Waals surface area (Å²) < 4.78 is 7.70. The van der Waals surface area contributed by atoms with Gasteiger partial charge in [-0.15, -0.1) is 28.7 Å². The van der Waals surface area contributed by atoms with E-state index in [1.165, 1.54) is 44.1 Å². The number of thiophene rings is 1. The first kappa shape index (κ1) is 40.0. The van der Waals surface area contributed by atoms with Crippen molar-refractivity contribution in [1.82, 2.24) is 4.98 Å². The van der Waals surface area contributed by atoms with Crippen molar-refractivity contribution in [1.29, 1.82) is 0 Å². The van der Waals surface area contributed by atoms with E-state index in [-0.39, 0.29) is 57.2 Å². The Morgan fingerprint density at radius 3 is 2.39 bits per heavy atom. The fraction of sp³-hybridized carbons (Fsp3) is 0.300. The molecule has 1 fully saturated rings. The molecule has 49 heavy (non-hydrogen) atoms. The van der Waals surface area contributed by atoms with E-state index in [1.807, 2.05) is 48.0 Å². The van der Waals surface area contributed by atoms with Crippen molar-refractivity contribution in [3.8, 4) is 11.1 Å². The molecule has 2 aromatic heterocycles. The maximum absolute atomic E-state index is 11.1. The Bertz CT molecular complexity index is 2010. The molecule has 0 bridgehead atoms. The number of carbonyl (C=O) groups is 1. The number of benzene rings is 4. The Morgan fingerprint density at radius 1 is 0.959 bits per heavy atom. The number of aromatic nitrogens is 1. The molecule has 0 spiro atoms. The summed E-state index contributed by atoms with van der Waals surface area (Å²) in [5.74, 6) is 1.01. The number of aromatic amines is 1. The minimum Gasteiger partial charge on any atom is -0.850 e. The minimum atomic E-state index is -0.750. The number of nitrogens with zero attached hydrogens (tertiary/aromatic N) is 1. The molecule has 8 rings (SSSR count). The molecule has 0 saturated carbocycles. The summed E-state index contributed by atoms with van der Waals surface area (Å²) in [5.41, 5.74) is 5.08. The molecule has 4 heterocycles. The number of Topliss-reactive ketones (excluding diaryl/α,β-unsaturated/α-hetero) is 1. The third kappa shape index (κ3) is 11.9. The summed E-state index contributed by atoms with van der Waals surface area (Å²) in [6.07, 6.45) is 7.04. The van der Waals surface area contributed by atoms with Crippen molar-refractivity contribution in [2.45, 2.75) is 64.0 Å². The van der Waals surface area contributed by atoms with E-state index < -0.39 is 5.60 Å². The van der Waals surface area contributed by atoms with Crippen molar-refractivity contribution >= 4 is 77.8 Å². The number of thioether (sulfide) groups is 1. The van der Waals surface area contributed by atoms with Crippen LogP contribution in [-0.2, 0) is 16.1 Å². The molecule has 9 heteroatoms. The average Bonchev–Trinajstić information content (AvgIpc) is 3.87. The number of carbonyl (C=O) groups excluding carboxylic acids is 1. The second kappa shape index (κ2) is 19.1. The molecule has 5 nitrogen and oxygen atoms in total. The van der Waals surface area contributed by atoms with E-state index in [4.69, 9.17) is 16.3 Å². The number of ether oxygens (including phenoxy) is 1. The van der Waals surface area contributed by atoms with Gasteiger partial charge in [0, 0.05) is 79.3 Å². The number of rotatable bonds is 5. The molecule has 6 aromatic rings. The van der Waals surface area contributed by atoms with Crippen molar-refractivity contribution < 1.29 is 66.0 Å². The molecule has 0 atom stereocenters. The van der Waals surface area contributed by atoms with Crippen LogP contribution in [0.2, 0.25) is 5.02 Å². The van der Waals surface area contributed by atoms with Gasteiger partial charge in [-0.1, -0.05) is 68.8 Å². The molecule has 1 N–H and O–H groups in total. The monoisotopic (exact) mass is 736 g/mol. The summed E-state index contributed by atoms with van der Waals surface area (Å²) in [4.78, 5) is 19.8. The van der Waals surface area contributed by atoms with Crippen LogP contribution in [0.4, 0.5) is 0 Å². The van der Waals surface area contributed by atoms with Crippen LogP contribution in [0.5, 0.6) is 0 Å². The van der Waals surface area contributed by atoms with Crippen LogP contribution >= 0.6 is 34.7 Å². The molecule has 2 aliphatic rings. The van der Waals surface area contributed by atoms with Crippen molar-refractivity contribution in [3.63, 3.8) is 0 Å². The zero-order valence-electron chi connectivity index (χ0n) is 29.0. The summed E-state index contributed by atoms with van der Waals surface area (Å²) in [6.45, 7) is 9.37. The van der Waals surface area contributed by atoms with Crippen molar-refractivity contribution in [2.75, 3.05) is 19.0 Å². The Balaban J connectivity index is 0.000000174. The van der Waals surface area contributed by atoms with E-state index in [9.17, 15) is 9.90 Å². The average molecular weight is 737 g/mol. The van der Waals surface area contributed by atoms with E-state index in [1.54, 1.807) is 39.5 Å². The normalized spacial score (nSPS) is 13.1. The van der Waals surface area contributed by atoms with Gasteiger partial charge < -0.3 is 14.8 Å². The zero-order chi connectivity index (χ0) is 34.1. The minimum absolute atomic E-state index is 0. The first-order valence-electron chi connectivity index (χ1n) is 16.3. The molecule has 0 amide bonds. The van der Waals surface area contributed by atoms with Crippen LogP contribution in [0.3, 0.4) is 0 Å². The van der Waals surface area contributed by atoms with Crippen molar-refractivity contribution in [2.24, 2.45) is 4.99 Å². The summed E-state index contributed by atoms with van der Waals surface area (Å²) in [6, 6.07) is 27.5. The molecular formula is C40H42ClKN2O3S2. The van der Waals surface area contributed by atoms with Crippen LogP contribution in [-0.4, -0.2) is 41.5 Å². The number of H-pyrrole nitrogens is 1. The van der Waals surface area contributed by atoms with Gasteiger partial charge in [-0.2, -0.15) is 0 Å². The van der Waals surface area contributed by atoms with Gasteiger partial charge >= 0.3 is 51.4 Å². The number of hydrogen-bond acceptors (Lipinski definition) is 6. The number of ketones is 1. The molecule has 1 saturated heterocycles. The van der Waals surface area contributed by atoms with Gasteiger partial charge in [0.25, 0.3) is 0 Å². The van der Waals surface area contributed by atoms with Crippen LogP contribution in [0.15, 0.2) is 94.9 Å². The van der Waals surface area contributed by atoms with Gasteiger partial charge in [-0.3, -0.25) is 9.79 Å². The predicted octanol–water partition coefficient (Wildman–Crippen LogP) is 7.49. The van der Waals surface area contributed by atoms with Gasteiger partial charge in [0.05, 0.1) is 11.6 Å². The Hall–Kier alpha value is -1.82. The molecular weight excluding hydrogens is 695 g/mol. The van der Waals surface area contributed by atoms with Crippen molar-refractivity contribution in [3.05, 3.63) is 101 Å². The number of fused-ring (bicyclic) bond motifs is 5. The van der Waals surface area contributed by atoms with E-state index in [0.717, 1.165) is 57.5 Å². The van der Waals surface area contributed by atoms with Gasteiger partial charge in [-0.25, -0.2) is 0 Å². The Labute approximate surface area is 345 Å². The fourth-order valence-corrected chi connectivity index (χ4v) is 7.77. The number of nitrogens with one attached hydrogen (secondary N) is 1. The zero-order valence-corrected chi connectivity index (χ0v) is 34.5. The second-order valence-corrected chi connectivity index (χ2v) is 15.4. The van der Waals surface area contributed by atoms with E-state index in [0.29, 0.717) is 6.42 Å². The van der Waals surface area contributed by atoms with Crippen LogP contribution in [0.1, 0.15) is 58.1 Å². The SMILES string of the molecule is C1=NCc2cc3sc4ccccc4c3cc21.C1CCOC1.CC(=O)CCSc1ccccc1-c1cc2cc[nH]c2cc1Cl.CC(C)(C)[O-].[K+]. The third-order valence-corrected chi connectivity index (χ3v) is 10.0. The molecule has 0 radical (unpaired) electrons. The van der Waals surface area contributed by atoms with Crippen LogP contribution in [0.25, 0.3) is 42.2 Å². The predicted molar refractivity (Wildman–Crippen MR) is 205 cm³/mol. The van der Waals surface area contributed by atoms with Crippen LogP contribution in [0, 0.1) is 0 Å². The van der Waals surface area contributed by atoms with E-state index in [2.05, 4.69) is 64.6 Å². The van der Waals surface area contributed by atoms with E-state index >= 15 is 0 Å². The number of hydrogen-bond donors (Lipinski definition) is 1. The summed E-state index contributed by atoms with van der Waals surface area (Å²) >= 11 is 10.0. The standard InChI is InChI=1S/C18H16ClNOS.C14H9NS.C4H8O.C4H9O.K/c1-12(21)7-9-22-18-5-3-2-4-14(18)15-10-13-6-8-20-17(13)11-16(15)19;1-2-4-13-11(3-1)12-5-9-7-15-8-10(9)6-14(12)16-13;1-2-4-5-3-1;1-4(2,3)5;/h2-6,8,10-11,20H,7,9H2,1H3;1-7H,8H2;1-4H2;1-3H3;/q;;;-1;+1.